The Bertz CT molecular complexity index is 1390. The summed E-state index contributed by atoms with van der Waals surface area (Å²) in [5, 5.41) is 15.4. The number of carbonyl (C=O) groups excluding carboxylic acids is 1. The number of aromatic nitrogens is 6. The van der Waals surface area contributed by atoms with Crippen molar-refractivity contribution in [1.29, 1.82) is 0 Å². The van der Waals surface area contributed by atoms with Gasteiger partial charge in [0.2, 0.25) is 5.89 Å². The molecule has 37 heavy (non-hydrogen) atoms. The average molecular weight is 510 g/mol. The standard InChI is InChI=1S/C25H25F2N7O3/c1-25(2,3)37-24(35)33-11-18(12-33)15-5-4-6-16(9-15)20-14-34(32-29-20)13-19-8-7-17(10-28-19)22-30-31-23(36-22)21(26)27/h4-10,14,18,21H,11-13H2,1-3H3. The summed E-state index contributed by atoms with van der Waals surface area (Å²) < 4.78 is 37.4. The van der Waals surface area contributed by atoms with Crippen molar-refractivity contribution in [3.8, 4) is 22.7 Å². The van der Waals surface area contributed by atoms with Crippen LogP contribution in [-0.2, 0) is 11.3 Å². The SMILES string of the molecule is CC(C)(C)OC(=O)N1CC(c2cccc(-c3cn(Cc4ccc(-c5nnc(C(F)F)o5)cn4)nn3)c2)C1. The number of pyridine rings is 1. The number of halogens is 2. The highest BCUT2D eigenvalue weighted by molar-refractivity contribution is 5.70. The van der Waals surface area contributed by atoms with Crippen LogP contribution in [0.3, 0.4) is 0 Å². The van der Waals surface area contributed by atoms with Gasteiger partial charge in [-0.15, -0.1) is 15.3 Å². The Morgan fingerprint density at radius 1 is 1.14 bits per heavy atom. The normalized spacial score (nSPS) is 14.2. The molecular formula is C25H25F2N7O3. The van der Waals surface area contributed by atoms with Gasteiger partial charge in [0, 0.05) is 30.8 Å². The summed E-state index contributed by atoms with van der Waals surface area (Å²) in [6.07, 6.45) is 0.199. The smallest absolute Gasteiger partial charge is 0.410 e. The molecule has 1 aromatic carbocycles. The molecule has 0 saturated carbocycles. The van der Waals surface area contributed by atoms with Crippen LogP contribution in [0.15, 0.2) is 53.2 Å². The molecular weight excluding hydrogens is 484 g/mol. The van der Waals surface area contributed by atoms with E-state index in [0.29, 0.717) is 36.6 Å². The third-order valence-electron chi connectivity index (χ3n) is 5.75. The summed E-state index contributed by atoms with van der Waals surface area (Å²) in [5.74, 6) is -0.505. The first kappa shape index (κ1) is 24.5. The summed E-state index contributed by atoms with van der Waals surface area (Å²) in [5.41, 5.74) is 3.39. The number of carbonyl (C=O) groups is 1. The molecule has 1 fully saturated rings. The average Bonchev–Trinajstić information content (AvgIpc) is 3.48. The molecule has 0 N–H and O–H groups in total. The molecule has 3 aromatic heterocycles. The Morgan fingerprint density at radius 2 is 1.95 bits per heavy atom. The maximum atomic E-state index is 12.7. The van der Waals surface area contributed by atoms with E-state index in [9.17, 15) is 13.6 Å². The molecule has 1 aliphatic heterocycles. The zero-order chi connectivity index (χ0) is 26.2. The topological polar surface area (TPSA) is 112 Å². The summed E-state index contributed by atoms with van der Waals surface area (Å²) >= 11 is 0. The molecule has 10 nitrogen and oxygen atoms in total. The maximum Gasteiger partial charge on any atom is 0.410 e. The predicted molar refractivity (Wildman–Crippen MR) is 128 cm³/mol. The van der Waals surface area contributed by atoms with Crippen LogP contribution in [0.4, 0.5) is 13.6 Å². The van der Waals surface area contributed by atoms with Crippen molar-refractivity contribution in [2.24, 2.45) is 0 Å². The minimum atomic E-state index is -2.82. The second kappa shape index (κ2) is 9.68. The quantitative estimate of drug-likeness (QED) is 0.367. The van der Waals surface area contributed by atoms with Crippen LogP contribution in [0.25, 0.3) is 22.7 Å². The highest BCUT2D eigenvalue weighted by Gasteiger charge is 2.34. The van der Waals surface area contributed by atoms with Gasteiger partial charge in [0.15, 0.2) is 0 Å². The fourth-order valence-corrected chi connectivity index (χ4v) is 3.87. The van der Waals surface area contributed by atoms with E-state index in [0.717, 1.165) is 11.1 Å². The Balaban J connectivity index is 1.21. The molecule has 5 rings (SSSR count). The second-order valence-corrected chi connectivity index (χ2v) is 9.79. The zero-order valence-electron chi connectivity index (χ0n) is 20.5. The van der Waals surface area contributed by atoms with Gasteiger partial charge < -0.3 is 14.1 Å². The van der Waals surface area contributed by atoms with Crippen LogP contribution in [0.5, 0.6) is 0 Å². The lowest BCUT2D eigenvalue weighted by Gasteiger charge is -2.40. The van der Waals surface area contributed by atoms with Gasteiger partial charge in [-0.1, -0.05) is 23.4 Å². The fraction of sp³-hybridized carbons (Fsp3) is 0.360. The lowest BCUT2D eigenvalue weighted by molar-refractivity contribution is 0.00819. The number of likely N-dealkylation sites (tertiary alicyclic amines) is 1. The highest BCUT2D eigenvalue weighted by atomic mass is 19.3. The molecule has 0 atom stereocenters. The number of hydrogen-bond acceptors (Lipinski definition) is 8. The summed E-state index contributed by atoms with van der Waals surface area (Å²) in [7, 11) is 0. The molecule has 0 spiro atoms. The van der Waals surface area contributed by atoms with Crippen molar-refractivity contribution in [2.45, 2.75) is 45.3 Å². The fourth-order valence-electron chi connectivity index (χ4n) is 3.87. The summed E-state index contributed by atoms with van der Waals surface area (Å²) in [4.78, 5) is 18.3. The van der Waals surface area contributed by atoms with Gasteiger partial charge in [0.25, 0.3) is 5.89 Å². The van der Waals surface area contributed by atoms with Crippen molar-refractivity contribution in [1.82, 2.24) is 35.1 Å². The third-order valence-corrected chi connectivity index (χ3v) is 5.75. The van der Waals surface area contributed by atoms with E-state index in [4.69, 9.17) is 9.15 Å². The molecule has 0 aliphatic carbocycles. The lowest BCUT2D eigenvalue weighted by Crippen LogP contribution is -2.50. The zero-order valence-corrected chi connectivity index (χ0v) is 20.5. The number of benzene rings is 1. The van der Waals surface area contributed by atoms with E-state index in [-0.39, 0.29) is 17.9 Å². The molecule has 4 aromatic rings. The Kier molecular flexibility index (Phi) is 6.40. The van der Waals surface area contributed by atoms with E-state index in [2.05, 4.69) is 31.6 Å². The number of amides is 1. The molecule has 192 valence electrons. The molecule has 0 radical (unpaired) electrons. The van der Waals surface area contributed by atoms with Crippen LogP contribution in [-0.4, -0.2) is 59.9 Å². The minimum absolute atomic E-state index is 0.0158. The Hall–Kier alpha value is -4.22. The van der Waals surface area contributed by atoms with Gasteiger partial charge in [-0.3, -0.25) is 4.98 Å². The van der Waals surface area contributed by atoms with Gasteiger partial charge in [0.1, 0.15) is 11.3 Å². The number of ether oxygens (including phenoxy) is 1. The first-order valence-electron chi connectivity index (χ1n) is 11.7. The van der Waals surface area contributed by atoms with Crippen LogP contribution < -0.4 is 0 Å². The van der Waals surface area contributed by atoms with Crippen molar-refractivity contribution < 1.29 is 22.7 Å². The number of nitrogens with zero attached hydrogens (tertiary/aromatic N) is 7. The predicted octanol–water partition coefficient (Wildman–Crippen LogP) is 4.71. The van der Waals surface area contributed by atoms with Gasteiger partial charge >= 0.3 is 12.5 Å². The monoisotopic (exact) mass is 509 g/mol. The lowest BCUT2D eigenvalue weighted by atomic mass is 9.90. The Morgan fingerprint density at radius 3 is 2.62 bits per heavy atom. The minimum Gasteiger partial charge on any atom is -0.444 e. The van der Waals surface area contributed by atoms with Crippen LogP contribution in [0.2, 0.25) is 0 Å². The van der Waals surface area contributed by atoms with Crippen molar-refractivity contribution in [2.75, 3.05) is 13.1 Å². The van der Waals surface area contributed by atoms with Gasteiger partial charge in [-0.05, 0) is 44.5 Å². The van der Waals surface area contributed by atoms with Gasteiger partial charge in [-0.2, -0.15) is 8.78 Å². The molecule has 0 bridgehead atoms. The summed E-state index contributed by atoms with van der Waals surface area (Å²) in [6, 6.07) is 11.5. The number of alkyl halides is 2. The Labute approximate surface area is 211 Å². The first-order valence-corrected chi connectivity index (χ1v) is 11.7. The van der Waals surface area contributed by atoms with E-state index < -0.39 is 17.9 Å². The summed E-state index contributed by atoms with van der Waals surface area (Å²) in [6.45, 7) is 7.15. The highest BCUT2D eigenvalue weighted by Crippen LogP contribution is 2.31. The third kappa shape index (κ3) is 5.63. The van der Waals surface area contributed by atoms with Crippen LogP contribution in [0, 0.1) is 0 Å². The van der Waals surface area contributed by atoms with E-state index in [1.807, 2.05) is 45.2 Å². The van der Waals surface area contributed by atoms with Crippen LogP contribution in [0.1, 0.15) is 50.3 Å². The molecule has 1 aliphatic rings. The number of hydrogen-bond donors (Lipinski definition) is 0. The van der Waals surface area contributed by atoms with Crippen molar-refractivity contribution >= 4 is 6.09 Å². The van der Waals surface area contributed by atoms with Crippen LogP contribution >= 0.6 is 0 Å². The van der Waals surface area contributed by atoms with Gasteiger partial charge in [0.05, 0.1) is 24.0 Å². The van der Waals surface area contributed by atoms with Crippen molar-refractivity contribution in [3.63, 3.8) is 0 Å². The number of rotatable bonds is 6. The van der Waals surface area contributed by atoms with E-state index >= 15 is 0 Å². The first-order chi connectivity index (χ1) is 17.6. The maximum absolute atomic E-state index is 12.7. The molecule has 4 heterocycles. The van der Waals surface area contributed by atoms with Crippen molar-refractivity contribution in [3.05, 3.63) is 65.9 Å². The largest absolute Gasteiger partial charge is 0.444 e. The molecule has 1 saturated heterocycles. The molecule has 12 heteroatoms. The second-order valence-electron chi connectivity index (χ2n) is 9.79. The van der Waals surface area contributed by atoms with Gasteiger partial charge in [-0.25, -0.2) is 9.48 Å². The molecule has 0 unspecified atom stereocenters. The molecule has 1 amide bonds. The van der Waals surface area contributed by atoms with E-state index in [1.54, 1.807) is 21.7 Å². The van der Waals surface area contributed by atoms with E-state index in [1.165, 1.54) is 6.20 Å².